The van der Waals surface area contributed by atoms with E-state index in [2.05, 4.69) is 18.5 Å². The van der Waals surface area contributed by atoms with Gasteiger partial charge in [0.1, 0.15) is 0 Å². The molecular formula is C19H25NO2. The topological polar surface area (TPSA) is 46.2 Å². The van der Waals surface area contributed by atoms with Gasteiger partial charge < -0.3 is 5.32 Å². The van der Waals surface area contributed by atoms with E-state index in [0.29, 0.717) is 24.0 Å². The molecule has 0 aromatic heterocycles. The fourth-order valence-corrected chi connectivity index (χ4v) is 2.38. The van der Waals surface area contributed by atoms with Crippen molar-refractivity contribution in [1.82, 2.24) is 0 Å². The molecule has 0 fully saturated rings. The Morgan fingerprint density at radius 2 is 1.64 bits per heavy atom. The van der Waals surface area contributed by atoms with Crippen LogP contribution in [0, 0.1) is 11.8 Å². The minimum Gasteiger partial charge on any atom is -0.388 e. The van der Waals surface area contributed by atoms with Gasteiger partial charge in [0, 0.05) is 35.7 Å². The van der Waals surface area contributed by atoms with Crippen molar-refractivity contribution in [1.29, 1.82) is 0 Å². The van der Waals surface area contributed by atoms with Crippen molar-refractivity contribution >= 4 is 17.3 Å². The molecule has 0 saturated carbocycles. The van der Waals surface area contributed by atoms with Crippen molar-refractivity contribution < 1.29 is 9.59 Å². The predicted molar refractivity (Wildman–Crippen MR) is 92.6 cm³/mol. The Morgan fingerprint density at radius 3 is 2.14 bits per heavy atom. The van der Waals surface area contributed by atoms with E-state index in [4.69, 9.17) is 0 Å². The van der Waals surface area contributed by atoms with Crippen LogP contribution in [0.2, 0.25) is 0 Å². The van der Waals surface area contributed by atoms with Gasteiger partial charge in [0.15, 0.2) is 11.6 Å². The third kappa shape index (κ3) is 4.17. The number of Topliss-reactive ketones (excluding diaryl/α,β-unsaturated/α-hetero) is 2. The second-order valence-corrected chi connectivity index (χ2v) is 5.59. The first-order valence-electron chi connectivity index (χ1n) is 7.58. The molecule has 1 aromatic rings. The highest BCUT2D eigenvalue weighted by Crippen LogP contribution is 2.24. The van der Waals surface area contributed by atoms with Gasteiger partial charge in [-0.15, -0.1) is 13.2 Å². The van der Waals surface area contributed by atoms with Gasteiger partial charge in [-0.25, -0.2) is 0 Å². The number of rotatable bonds is 9. The first-order chi connectivity index (χ1) is 10.5. The summed E-state index contributed by atoms with van der Waals surface area (Å²) >= 11 is 0. The summed E-state index contributed by atoms with van der Waals surface area (Å²) in [5.74, 6) is -0.227. The summed E-state index contributed by atoms with van der Waals surface area (Å²) in [6, 6.07) is 5.26. The van der Waals surface area contributed by atoms with E-state index in [1.807, 2.05) is 13.8 Å². The zero-order chi connectivity index (χ0) is 16.7. The highest BCUT2D eigenvalue weighted by Gasteiger charge is 2.21. The molecule has 22 heavy (non-hydrogen) atoms. The zero-order valence-electron chi connectivity index (χ0n) is 13.7. The van der Waals surface area contributed by atoms with Crippen LogP contribution in [0.3, 0.4) is 0 Å². The summed E-state index contributed by atoms with van der Waals surface area (Å²) in [6.45, 7) is 11.1. The van der Waals surface area contributed by atoms with E-state index < -0.39 is 0 Å². The van der Waals surface area contributed by atoms with Crippen molar-refractivity contribution in [2.75, 3.05) is 12.4 Å². The predicted octanol–water partition coefficient (Wildman–Crippen LogP) is 4.52. The van der Waals surface area contributed by atoms with E-state index in [9.17, 15) is 9.59 Å². The van der Waals surface area contributed by atoms with Gasteiger partial charge in [-0.1, -0.05) is 26.0 Å². The maximum Gasteiger partial charge on any atom is 0.168 e. The number of anilines is 1. The lowest BCUT2D eigenvalue weighted by Crippen LogP contribution is -2.16. The van der Waals surface area contributed by atoms with Gasteiger partial charge in [0.05, 0.1) is 0 Å². The molecule has 0 aliphatic carbocycles. The van der Waals surface area contributed by atoms with Crippen molar-refractivity contribution in [2.24, 2.45) is 11.8 Å². The number of nitrogens with one attached hydrogen (secondary N) is 1. The molecule has 0 spiro atoms. The highest BCUT2D eigenvalue weighted by molar-refractivity contribution is 6.06. The van der Waals surface area contributed by atoms with E-state index in [-0.39, 0.29) is 23.4 Å². The molecule has 3 heteroatoms. The summed E-state index contributed by atoms with van der Waals surface area (Å²) in [6.07, 6.45) is 4.72. The molecule has 0 amide bonds. The highest BCUT2D eigenvalue weighted by atomic mass is 16.1. The van der Waals surface area contributed by atoms with Crippen molar-refractivity contribution in [3.05, 3.63) is 54.6 Å². The molecule has 3 nitrogen and oxygen atoms in total. The second kappa shape index (κ2) is 8.32. The average Bonchev–Trinajstić information content (AvgIpc) is 2.53. The number of allylic oxidation sites excluding steroid dienone is 2. The summed E-state index contributed by atoms with van der Waals surface area (Å²) in [7, 11) is 1.77. The molecule has 1 aromatic carbocycles. The van der Waals surface area contributed by atoms with Gasteiger partial charge in [-0.2, -0.15) is 0 Å². The Bertz CT molecular complexity index is 575. The van der Waals surface area contributed by atoms with Crippen molar-refractivity contribution in [3.8, 4) is 0 Å². The minimum atomic E-state index is -0.152. The monoisotopic (exact) mass is 299 g/mol. The molecular weight excluding hydrogens is 274 g/mol. The first-order valence-corrected chi connectivity index (χ1v) is 7.58. The van der Waals surface area contributed by atoms with Crippen LogP contribution in [0.15, 0.2) is 43.5 Å². The lowest BCUT2D eigenvalue weighted by molar-refractivity contribution is 0.0931. The van der Waals surface area contributed by atoms with E-state index in [0.717, 1.165) is 5.69 Å². The van der Waals surface area contributed by atoms with Gasteiger partial charge in [0.2, 0.25) is 0 Å². The smallest absolute Gasteiger partial charge is 0.168 e. The molecule has 1 rings (SSSR count). The average molecular weight is 299 g/mol. The number of hydrogen-bond donors (Lipinski definition) is 1. The van der Waals surface area contributed by atoms with E-state index >= 15 is 0 Å². The second-order valence-electron chi connectivity index (χ2n) is 5.59. The molecule has 2 atom stereocenters. The molecule has 0 aliphatic heterocycles. The Morgan fingerprint density at radius 1 is 1.09 bits per heavy atom. The summed E-state index contributed by atoms with van der Waals surface area (Å²) in [5, 5.41) is 3.02. The third-order valence-corrected chi connectivity index (χ3v) is 3.77. The minimum absolute atomic E-state index is 0.0234. The van der Waals surface area contributed by atoms with Crippen LogP contribution >= 0.6 is 0 Å². The molecule has 0 bridgehead atoms. The fraction of sp³-hybridized carbons (Fsp3) is 0.368. The normalized spacial score (nSPS) is 13.0. The Labute approximate surface area is 133 Å². The summed E-state index contributed by atoms with van der Waals surface area (Å²) in [5.41, 5.74) is 1.88. The summed E-state index contributed by atoms with van der Waals surface area (Å²) in [4.78, 5) is 25.0. The standard InChI is InChI=1S/C19H25NO2/c1-6-8-13(3)18(21)15-10-11-17(20-5)16(12-15)19(22)14(4)9-7-2/h6-7,10-14,20H,1-2,8-9H2,3-5H3. The summed E-state index contributed by atoms with van der Waals surface area (Å²) < 4.78 is 0. The van der Waals surface area contributed by atoms with Crippen LogP contribution in [0.25, 0.3) is 0 Å². The molecule has 2 unspecified atom stereocenters. The molecule has 118 valence electrons. The third-order valence-electron chi connectivity index (χ3n) is 3.77. The van der Waals surface area contributed by atoms with E-state index in [1.54, 1.807) is 37.4 Å². The molecule has 0 saturated heterocycles. The van der Waals surface area contributed by atoms with Crippen LogP contribution in [0.1, 0.15) is 47.4 Å². The van der Waals surface area contributed by atoms with Crippen LogP contribution in [0.5, 0.6) is 0 Å². The van der Waals surface area contributed by atoms with Gasteiger partial charge in [-0.3, -0.25) is 9.59 Å². The number of hydrogen-bond acceptors (Lipinski definition) is 3. The fourth-order valence-electron chi connectivity index (χ4n) is 2.38. The lowest BCUT2D eigenvalue weighted by Gasteiger charge is -2.15. The van der Waals surface area contributed by atoms with Crippen LogP contribution in [0.4, 0.5) is 5.69 Å². The lowest BCUT2D eigenvalue weighted by atomic mass is 9.90. The van der Waals surface area contributed by atoms with Gasteiger partial charge in [-0.05, 0) is 31.0 Å². The zero-order valence-corrected chi connectivity index (χ0v) is 13.7. The largest absolute Gasteiger partial charge is 0.388 e. The molecule has 0 aliphatic rings. The van der Waals surface area contributed by atoms with Gasteiger partial charge in [0.25, 0.3) is 0 Å². The van der Waals surface area contributed by atoms with Crippen LogP contribution in [-0.2, 0) is 0 Å². The van der Waals surface area contributed by atoms with E-state index in [1.165, 1.54) is 0 Å². The Kier molecular flexibility index (Phi) is 6.77. The van der Waals surface area contributed by atoms with Crippen LogP contribution in [-0.4, -0.2) is 18.6 Å². The molecule has 1 N–H and O–H groups in total. The maximum absolute atomic E-state index is 12.6. The quantitative estimate of drug-likeness (QED) is 0.538. The number of carbonyl (C=O) groups excluding carboxylic acids is 2. The maximum atomic E-state index is 12.6. The Hall–Kier alpha value is -2.16. The number of ketones is 2. The van der Waals surface area contributed by atoms with Crippen molar-refractivity contribution in [3.63, 3.8) is 0 Å². The van der Waals surface area contributed by atoms with Crippen molar-refractivity contribution in [2.45, 2.75) is 26.7 Å². The SMILES string of the molecule is C=CCC(C)C(=O)c1ccc(NC)c(C(=O)C(C)CC=C)c1. The first kappa shape index (κ1) is 17.9. The Balaban J connectivity index is 3.18. The molecule has 0 heterocycles. The van der Waals surface area contributed by atoms with Crippen LogP contribution < -0.4 is 5.32 Å². The number of carbonyl (C=O) groups is 2. The number of benzene rings is 1. The van der Waals surface area contributed by atoms with Gasteiger partial charge >= 0.3 is 0 Å². The molecule has 0 radical (unpaired) electrons.